The zero-order valence-electron chi connectivity index (χ0n) is 19.6. The van der Waals surface area contributed by atoms with Crippen LogP contribution in [0.4, 0.5) is 17.3 Å². The number of nitrogens with one attached hydrogen (secondary N) is 1. The van der Waals surface area contributed by atoms with Gasteiger partial charge in [0.05, 0.1) is 31.2 Å². The summed E-state index contributed by atoms with van der Waals surface area (Å²) < 4.78 is 10.8. The Labute approximate surface area is 202 Å². The molecule has 182 valence electrons. The van der Waals surface area contributed by atoms with E-state index in [4.69, 9.17) is 14.2 Å². The number of aliphatic hydroxyl groups excluding tert-OH is 1. The van der Waals surface area contributed by atoms with Gasteiger partial charge in [0.15, 0.2) is 5.69 Å². The predicted octanol–water partition coefficient (Wildman–Crippen LogP) is 2.59. The van der Waals surface area contributed by atoms with Crippen LogP contribution in [0.2, 0.25) is 0 Å². The molecule has 0 spiro atoms. The van der Waals surface area contributed by atoms with Gasteiger partial charge in [0, 0.05) is 49.4 Å². The summed E-state index contributed by atoms with van der Waals surface area (Å²) in [6.07, 6.45) is 3.48. The second kappa shape index (κ2) is 8.94. The van der Waals surface area contributed by atoms with Crippen molar-refractivity contribution in [1.82, 2.24) is 15.1 Å². The fourth-order valence-electron chi connectivity index (χ4n) is 4.46. The Morgan fingerprint density at radius 2 is 1.83 bits per heavy atom. The zero-order chi connectivity index (χ0) is 23.9. The van der Waals surface area contributed by atoms with Crippen LogP contribution in [0.5, 0.6) is 0 Å². The minimum atomic E-state index is -0.328. The van der Waals surface area contributed by atoms with Gasteiger partial charge in [-0.15, -0.1) is 0 Å². The summed E-state index contributed by atoms with van der Waals surface area (Å²) >= 11 is 0. The molecule has 3 fully saturated rings. The van der Waals surface area contributed by atoms with Gasteiger partial charge in [0.25, 0.3) is 5.91 Å². The minimum absolute atomic E-state index is 0.270. The molecule has 0 unspecified atom stereocenters. The number of morpholine rings is 1. The summed E-state index contributed by atoms with van der Waals surface area (Å²) in [5.41, 5.74) is 3.55. The quantitative estimate of drug-likeness (QED) is 0.554. The monoisotopic (exact) mass is 476 g/mol. The van der Waals surface area contributed by atoms with E-state index in [-0.39, 0.29) is 17.7 Å². The predicted molar refractivity (Wildman–Crippen MR) is 130 cm³/mol. The first-order valence-corrected chi connectivity index (χ1v) is 12.1. The van der Waals surface area contributed by atoms with Gasteiger partial charge in [-0.05, 0) is 43.5 Å². The second-order valence-corrected chi connectivity index (χ2v) is 9.43. The molecule has 2 aliphatic heterocycles. The molecule has 1 aliphatic carbocycles. The Balaban J connectivity index is 1.30. The second-order valence-electron chi connectivity index (χ2n) is 9.43. The lowest BCUT2D eigenvalue weighted by atomic mass is 10.0. The molecule has 1 saturated carbocycles. The van der Waals surface area contributed by atoms with Crippen molar-refractivity contribution in [1.29, 1.82) is 0 Å². The van der Waals surface area contributed by atoms with Gasteiger partial charge in [-0.3, -0.25) is 9.78 Å². The number of aryl methyl sites for hydroxylation is 1. The van der Waals surface area contributed by atoms with Crippen LogP contribution < -0.4 is 15.1 Å². The molecule has 0 atom stereocenters. The van der Waals surface area contributed by atoms with Crippen LogP contribution in [0, 0.1) is 6.92 Å². The van der Waals surface area contributed by atoms with Gasteiger partial charge in [0.1, 0.15) is 17.4 Å². The van der Waals surface area contributed by atoms with Crippen molar-refractivity contribution in [2.75, 3.05) is 54.5 Å². The van der Waals surface area contributed by atoms with Crippen LogP contribution in [-0.4, -0.2) is 71.6 Å². The van der Waals surface area contributed by atoms with E-state index < -0.39 is 0 Å². The number of hydrogen-bond donors (Lipinski definition) is 2. The van der Waals surface area contributed by atoms with Crippen LogP contribution in [0.3, 0.4) is 0 Å². The standard InChI is InChI=1S/C25H28N6O4/c1-15-20(10-18(12-26-15)27-25(33)21-11-22(35-29-21)16-2-3-16)17-8-23(30-4-6-34-7-5-30)28-24(9-17)31-13-19(32)14-31/h8-12,16,19,32H,2-7,13-14H2,1H3,(H,27,33). The van der Waals surface area contributed by atoms with Gasteiger partial charge in [0.2, 0.25) is 0 Å². The third-order valence-corrected chi connectivity index (χ3v) is 6.72. The average Bonchev–Trinajstić information content (AvgIpc) is 3.59. The Bertz CT molecular complexity index is 1240. The van der Waals surface area contributed by atoms with Crippen LogP contribution in [-0.2, 0) is 4.74 Å². The molecule has 1 amide bonds. The number of aliphatic hydroxyl groups is 1. The van der Waals surface area contributed by atoms with Crippen LogP contribution >= 0.6 is 0 Å². The van der Waals surface area contributed by atoms with E-state index in [1.54, 1.807) is 12.3 Å². The Hall–Kier alpha value is -3.50. The lowest BCUT2D eigenvalue weighted by Crippen LogP contribution is -2.51. The molecular formula is C25H28N6O4. The van der Waals surface area contributed by atoms with Gasteiger partial charge in [-0.2, -0.15) is 0 Å². The SMILES string of the molecule is Cc1ncc(NC(=O)c2cc(C3CC3)on2)cc1-c1cc(N2CCOCC2)nc(N2CC(O)C2)c1. The Morgan fingerprint density at radius 3 is 2.54 bits per heavy atom. The number of pyridine rings is 2. The fraction of sp³-hybridized carbons (Fsp3) is 0.440. The molecule has 3 aliphatic rings. The highest BCUT2D eigenvalue weighted by atomic mass is 16.5. The molecule has 0 radical (unpaired) electrons. The molecule has 2 N–H and O–H groups in total. The third-order valence-electron chi connectivity index (χ3n) is 6.72. The lowest BCUT2D eigenvalue weighted by Gasteiger charge is -2.38. The van der Waals surface area contributed by atoms with Gasteiger partial charge < -0.3 is 29.5 Å². The minimum Gasteiger partial charge on any atom is -0.389 e. The molecule has 2 saturated heterocycles. The molecule has 3 aromatic heterocycles. The number of amides is 1. The fourth-order valence-corrected chi connectivity index (χ4v) is 4.46. The summed E-state index contributed by atoms with van der Waals surface area (Å²) in [5, 5.41) is 16.7. The number of ether oxygens (including phenoxy) is 1. The maximum Gasteiger partial charge on any atom is 0.277 e. The van der Waals surface area contributed by atoms with Crippen molar-refractivity contribution in [2.24, 2.45) is 0 Å². The molecule has 10 heteroatoms. The number of carbonyl (C=O) groups excluding carboxylic acids is 1. The summed E-state index contributed by atoms with van der Waals surface area (Å²) in [4.78, 5) is 26.5. The van der Waals surface area contributed by atoms with Crippen LogP contribution in [0.1, 0.15) is 40.7 Å². The Kier molecular flexibility index (Phi) is 5.62. The number of hydrogen-bond acceptors (Lipinski definition) is 9. The maximum absolute atomic E-state index is 12.8. The first-order chi connectivity index (χ1) is 17.0. The number of nitrogens with zero attached hydrogens (tertiary/aromatic N) is 5. The first kappa shape index (κ1) is 22.0. The third kappa shape index (κ3) is 4.59. The van der Waals surface area contributed by atoms with Gasteiger partial charge in [-0.25, -0.2) is 4.98 Å². The van der Waals surface area contributed by atoms with E-state index in [1.165, 1.54) is 0 Å². The molecular weight excluding hydrogens is 448 g/mol. The van der Waals surface area contributed by atoms with E-state index in [0.29, 0.717) is 37.9 Å². The van der Waals surface area contributed by atoms with Crippen molar-refractivity contribution >= 4 is 23.2 Å². The molecule has 5 heterocycles. The van der Waals surface area contributed by atoms with Crippen molar-refractivity contribution in [2.45, 2.75) is 31.8 Å². The first-order valence-electron chi connectivity index (χ1n) is 12.1. The summed E-state index contributed by atoms with van der Waals surface area (Å²) in [5.74, 6) is 2.53. The number of aromatic nitrogens is 3. The van der Waals surface area contributed by atoms with E-state index >= 15 is 0 Å². The van der Waals surface area contributed by atoms with Crippen LogP contribution in [0.15, 0.2) is 35.0 Å². The van der Waals surface area contributed by atoms with Crippen LogP contribution in [0.25, 0.3) is 11.1 Å². The van der Waals surface area contributed by atoms with Crippen molar-refractivity contribution < 1.29 is 19.2 Å². The number of carbonyl (C=O) groups is 1. The normalized spacial score (nSPS) is 18.5. The highest BCUT2D eigenvalue weighted by molar-refractivity contribution is 6.03. The zero-order valence-corrected chi connectivity index (χ0v) is 19.6. The summed E-state index contributed by atoms with van der Waals surface area (Å²) in [6.45, 7) is 5.94. The number of β-amino-alcohol motifs (C(OH)–C–C–N with tert-alkyl or cyclic N) is 1. The molecule has 0 aromatic carbocycles. The van der Waals surface area contributed by atoms with E-state index in [0.717, 1.165) is 60.1 Å². The average molecular weight is 477 g/mol. The van der Waals surface area contributed by atoms with E-state index in [2.05, 4.69) is 31.3 Å². The van der Waals surface area contributed by atoms with Crippen molar-refractivity contribution in [3.05, 3.63) is 47.6 Å². The number of rotatable bonds is 6. The highest BCUT2D eigenvalue weighted by Crippen LogP contribution is 2.40. The summed E-state index contributed by atoms with van der Waals surface area (Å²) in [6, 6.07) is 7.72. The Morgan fingerprint density at radius 1 is 1.09 bits per heavy atom. The van der Waals surface area contributed by atoms with Crippen molar-refractivity contribution in [3.8, 4) is 11.1 Å². The van der Waals surface area contributed by atoms with Gasteiger partial charge >= 0.3 is 0 Å². The van der Waals surface area contributed by atoms with Gasteiger partial charge in [-0.1, -0.05) is 5.16 Å². The molecule has 3 aromatic rings. The lowest BCUT2D eigenvalue weighted by molar-refractivity contribution is 0.101. The topological polar surface area (TPSA) is 117 Å². The molecule has 10 nitrogen and oxygen atoms in total. The highest BCUT2D eigenvalue weighted by Gasteiger charge is 2.29. The summed E-state index contributed by atoms with van der Waals surface area (Å²) in [7, 11) is 0. The molecule has 35 heavy (non-hydrogen) atoms. The molecule has 6 rings (SSSR count). The largest absolute Gasteiger partial charge is 0.389 e. The van der Waals surface area contributed by atoms with E-state index in [9.17, 15) is 9.90 Å². The number of anilines is 3. The maximum atomic E-state index is 12.8. The van der Waals surface area contributed by atoms with Crippen molar-refractivity contribution in [3.63, 3.8) is 0 Å². The van der Waals surface area contributed by atoms with E-state index in [1.807, 2.05) is 19.1 Å². The molecule has 0 bridgehead atoms. The smallest absolute Gasteiger partial charge is 0.277 e.